The molecule has 23 heavy (non-hydrogen) atoms. The number of hydrogen-bond donors (Lipinski definition) is 1. The first kappa shape index (κ1) is 15.0. The van der Waals surface area contributed by atoms with Gasteiger partial charge in [0.2, 0.25) is 11.8 Å². The van der Waals surface area contributed by atoms with Gasteiger partial charge in [0.05, 0.1) is 12.2 Å². The van der Waals surface area contributed by atoms with Gasteiger partial charge in [0.15, 0.2) is 0 Å². The highest BCUT2D eigenvalue weighted by Crippen LogP contribution is 2.17. The predicted molar refractivity (Wildman–Crippen MR) is 86.3 cm³/mol. The van der Waals surface area contributed by atoms with Gasteiger partial charge in [-0.1, -0.05) is 24.3 Å². The normalized spacial score (nSPS) is 10.4. The van der Waals surface area contributed by atoms with E-state index in [1.54, 1.807) is 18.7 Å². The molecule has 3 aromatic rings. The Hall–Kier alpha value is -2.95. The second-order valence-corrected chi connectivity index (χ2v) is 5.15. The molecule has 0 aliphatic rings. The summed E-state index contributed by atoms with van der Waals surface area (Å²) in [4.78, 5) is 20.3. The van der Waals surface area contributed by atoms with Crippen LogP contribution in [0.25, 0.3) is 11.5 Å². The Bertz CT molecular complexity index is 754. The van der Waals surface area contributed by atoms with E-state index in [-0.39, 0.29) is 5.91 Å². The Balaban J connectivity index is 1.49. The summed E-state index contributed by atoms with van der Waals surface area (Å²) in [6.45, 7) is 0.363. The molecule has 3 rings (SSSR count). The van der Waals surface area contributed by atoms with E-state index < -0.39 is 0 Å². The molecule has 1 amide bonds. The molecule has 2 heterocycles. The van der Waals surface area contributed by atoms with Crippen LogP contribution in [-0.4, -0.2) is 15.9 Å². The molecule has 0 atom stereocenters. The highest BCUT2D eigenvalue weighted by Gasteiger charge is 2.08. The Morgan fingerprint density at radius 3 is 2.78 bits per heavy atom. The number of pyridine rings is 1. The van der Waals surface area contributed by atoms with Gasteiger partial charge in [-0.15, -0.1) is 0 Å². The molecule has 0 unspecified atom stereocenters. The van der Waals surface area contributed by atoms with E-state index in [4.69, 9.17) is 4.42 Å². The summed E-state index contributed by atoms with van der Waals surface area (Å²) in [6.07, 6.45) is 6.17. The number of benzene rings is 1. The van der Waals surface area contributed by atoms with Gasteiger partial charge in [0.25, 0.3) is 0 Å². The third kappa shape index (κ3) is 4.26. The summed E-state index contributed by atoms with van der Waals surface area (Å²) < 4.78 is 5.44. The highest BCUT2D eigenvalue weighted by molar-refractivity contribution is 5.76. The van der Waals surface area contributed by atoms with Crippen LogP contribution < -0.4 is 5.32 Å². The lowest BCUT2D eigenvalue weighted by molar-refractivity contribution is -0.121. The monoisotopic (exact) mass is 307 g/mol. The smallest absolute Gasteiger partial charge is 0.226 e. The predicted octanol–water partition coefficient (Wildman–Crippen LogP) is 2.99. The summed E-state index contributed by atoms with van der Waals surface area (Å²) in [5.41, 5.74) is 2.68. The van der Waals surface area contributed by atoms with Crippen LogP contribution in [0, 0.1) is 0 Å². The van der Waals surface area contributed by atoms with Crippen LogP contribution in [0.5, 0.6) is 0 Å². The molecule has 0 radical (unpaired) electrons. The summed E-state index contributed by atoms with van der Waals surface area (Å²) in [6, 6.07) is 13.5. The van der Waals surface area contributed by atoms with Crippen LogP contribution in [0.4, 0.5) is 0 Å². The molecule has 0 aliphatic carbocycles. The van der Waals surface area contributed by atoms with Crippen molar-refractivity contribution in [3.8, 4) is 11.5 Å². The first-order valence-corrected chi connectivity index (χ1v) is 7.47. The third-order valence-electron chi connectivity index (χ3n) is 3.40. The zero-order chi connectivity index (χ0) is 15.9. The van der Waals surface area contributed by atoms with Crippen LogP contribution in [0.3, 0.4) is 0 Å². The fourth-order valence-electron chi connectivity index (χ4n) is 2.18. The van der Waals surface area contributed by atoms with Crippen molar-refractivity contribution in [1.29, 1.82) is 0 Å². The first-order chi connectivity index (χ1) is 11.3. The van der Waals surface area contributed by atoms with Crippen molar-refractivity contribution in [2.24, 2.45) is 0 Å². The average Bonchev–Trinajstić information content (AvgIpc) is 3.09. The fourth-order valence-corrected chi connectivity index (χ4v) is 2.18. The first-order valence-electron chi connectivity index (χ1n) is 7.47. The van der Waals surface area contributed by atoms with E-state index in [1.807, 2.05) is 42.5 Å². The number of nitrogens with one attached hydrogen (secondary N) is 1. The average molecular weight is 307 g/mol. The molecule has 0 spiro atoms. The second kappa shape index (κ2) is 7.35. The number of amides is 1. The third-order valence-corrected chi connectivity index (χ3v) is 3.40. The zero-order valence-corrected chi connectivity index (χ0v) is 12.6. The number of rotatable bonds is 6. The van der Waals surface area contributed by atoms with Gasteiger partial charge in [-0.05, 0) is 30.2 Å². The van der Waals surface area contributed by atoms with Gasteiger partial charge >= 0.3 is 0 Å². The van der Waals surface area contributed by atoms with Crippen LogP contribution >= 0.6 is 0 Å². The van der Waals surface area contributed by atoms with Crippen molar-refractivity contribution in [3.05, 3.63) is 72.4 Å². The van der Waals surface area contributed by atoms with Crippen molar-refractivity contribution in [2.45, 2.75) is 19.4 Å². The van der Waals surface area contributed by atoms with Gasteiger partial charge in [0.1, 0.15) is 6.26 Å². The molecular weight excluding hydrogens is 290 g/mol. The maximum atomic E-state index is 11.9. The maximum absolute atomic E-state index is 11.9. The molecular formula is C18H17N3O2. The maximum Gasteiger partial charge on any atom is 0.226 e. The minimum atomic E-state index is -0.0156. The number of carbonyl (C=O) groups excluding carboxylic acids is 1. The Morgan fingerprint density at radius 1 is 1.13 bits per heavy atom. The van der Waals surface area contributed by atoms with E-state index in [1.165, 1.54) is 0 Å². The molecule has 1 N–H and O–H groups in total. The van der Waals surface area contributed by atoms with E-state index in [0.717, 1.165) is 11.1 Å². The molecule has 0 saturated heterocycles. The Labute approximate surface area is 134 Å². The van der Waals surface area contributed by atoms with E-state index in [2.05, 4.69) is 15.3 Å². The number of hydrogen-bond acceptors (Lipinski definition) is 4. The minimum Gasteiger partial charge on any atom is -0.444 e. The number of carbonyl (C=O) groups is 1. The summed E-state index contributed by atoms with van der Waals surface area (Å²) >= 11 is 0. The largest absolute Gasteiger partial charge is 0.444 e. The van der Waals surface area contributed by atoms with Crippen LogP contribution in [-0.2, 0) is 17.8 Å². The lowest BCUT2D eigenvalue weighted by atomic mass is 10.1. The molecule has 1 aromatic carbocycles. The second-order valence-electron chi connectivity index (χ2n) is 5.15. The van der Waals surface area contributed by atoms with Crippen molar-refractivity contribution in [2.75, 3.05) is 0 Å². The van der Waals surface area contributed by atoms with Gasteiger partial charge in [0, 0.05) is 24.4 Å². The Kier molecular flexibility index (Phi) is 4.79. The lowest BCUT2D eigenvalue weighted by Gasteiger charge is -2.03. The number of aromatic nitrogens is 2. The van der Waals surface area contributed by atoms with Gasteiger partial charge < -0.3 is 9.73 Å². The molecule has 116 valence electrons. The summed E-state index contributed by atoms with van der Waals surface area (Å²) in [5, 5.41) is 2.85. The molecule has 5 nitrogen and oxygen atoms in total. The van der Waals surface area contributed by atoms with Crippen molar-refractivity contribution < 1.29 is 9.21 Å². The van der Waals surface area contributed by atoms with E-state index in [0.29, 0.717) is 31.0 Å². The van der Waals surface area contributed by atoms with Crippen LogP contribution in [0.1, 0.15) is 17.7 Å². The summed E-state index contributed by atoms with van der Waals surface area (Å²) in [5.74, 6) is 0.545. The van der Waals surface area contributed by atoms with Crippen molar-refractivity contribution in [1.82, 2.24) is 15.3 Å². The van der Waals surface area contributed by atoms with Crippen molar-refractivity contribution in [3.63, 3.8) is 0 Å². The van der Waals surface area contributed by atoms with Gasteiger partial charge in [-0.25, -0.2) is 4.98 Å². The molecule has 2 aromatic heterocycles. The molecule has 0 aliphatic heterocycles. The number of aryl methyl sites for hydroxylation is 1. The zero-order valence-electron chi connectivity index (χ0n) is 12.6. The highest BCUT2D eigenvalue weighted by atomic mass is 16.3. The van der Waals surface area contributed by atoms with Crippen LogP contribution in [0.2, 0.25) is 0 Å². The number of nitrogens with zero attached hydrogens (tertiary/aromatic N) is 2. The standard InChI is InChI=1S/C18H17N3O2/c22-17(9-8-14-5-4-10-19-11-14)20-12-16-13-23-18(21-16)15-6-2-1-3-7-15/h1-7,10-11,13H,8-9,12H2,(H,20,22). The molecule has 0 fully saturated rings. The SMILES string of the molecule is O=C(CCc1cccnc1)NCc1coc(-c2ccccc2)n1. The van der Waals surface area contributed by atoms with E-state index >= 15 is 0 Å². The van der Waals surface area contributed by atoms with Gasteiger partial charge in [-0.2, -0.15) is 0 Å². The van der Waals surface area contributed by atoms with Crippen molar-refractivity contribution >= 4 is 5.91 Å². The summed E-state index contributed by atoms with van der Waals surface area (Å²) in [7, 11) is 0. The molecule has 5 heteroatoms. The number of oxazole rings is 1. The van der Waals surface area contributed by atoms with Gasteiger partial charge in [-0.3, -0.25) is 9.78 Å². The lowest BCUT2D eigenvalue weighted by Crippen LogP contribution is -2.23. The minimum absolute atomic E-state index is 0.0156. The quantitative estimate of drug-likeness (QED) is 0.760. The fraction of sp³-hybridized carbons (Fsp3) is 0.167. The Morgan fingerprint density at radius 2 is 2.00 bits per heavy atom. The molecule has 0 saturated carbocycles. The molecule has 0 bridgehead atoms. The van der Waals surface area contributed by atoms with E-state index in [9.17, 15) is 4.79 Å². The van der Waals surface area contributed by atoms with Crippen LogP contribution in [0.15, 0.2) is 65.5 Å². The topological polar surface area (TPSA) is 68.0 Å².